The predicted molar refractivity (Wildman–Crippen MR) is 151 cm³/mol. The first kappa shape index (κ1) is 29.7. The van der Waals surface area contributed by atoms with Crippen LogP contribution in [-0.4, -0.2) is 59.3 Å². The summed E-state index contributed by atoms with van der Waals surface area (Å²) < 4.78 is 44.8. The molecule has 0 aromatic heterocycles. The van der Waals surface area contributed by atoms with Crippen molar-refractivity contribution in [1.82, 2.24) is 9.73 Å². The highest BCUT2D eigenvalue weighted by atomic mass is 32.2. The summed E-state index contributed by atoms with van der Waals surface area (Å²) in [6.07, 6.45) is 1.87. The Morgan fingerprint density at radius 2 is 1.51 bits per heavy atom. The number of hydrogen-bond donors (Lipinski definition) is 1. The number of sulfonamides is 1. The monoisotopic (exact) mass is 553 g/mol. The first-order chi connectivity index (χ1) is 18.6. The minimum Gasteiger partial charge on any atom is -0.493 e. The van der Waals surface area contributed by atoms with Gasteiger partial charge in [0.2, 0.25) is 15.8 Å². The van der Waals surface area contributed by atoms with Crippen molar-refractivity contribution >= 4 is 22.1 Å². The summed E-state index contributed by atoms with van der Waals surface area (Å²) in [5.74, 6) is 0.734. The Morgan fingerprint density at radius 3 is 2.05 bits per heavy atom. The summed E-state index contributed by atoms with van der Waals surface area (Å²) in [6.45, 7) is 5.19. The summed E-state index contributed by atoms with van der Waals surface area (Å²) in [4.78, 5) is 13.1. The largest absolute Gasteiger partial charge is 0.493 e. The highest BCUT2D eigenvalue weighted by Crippen LogP contribution is 2.37. The zero-order valence-electron chi connectivity index (χ0n) is 23.1. The molecule has 0 bridgehead atoms. The van der Waals surface area contributed by atoms with Gasteiger partial charge in [0.05, 0.1) is 39.0 Å². The first-order valence-corrected chi connectivity index (χ1v) is 13.8. The lowest BCUT2D eigenvalue weighted by Crippen LogP contribution is -2.41. The molecule has 0 aliphatic heterocycles. The van der Waals surface area contributed by atoms with E-state index in [1.165, 1.54) is 31.8 Å². The molecule has 3 rings (SSSR count). The maximum atomic E-state index is 13.8. The van der Waals surface area contributed by atoms with E-state index in [0.717, 1.165) is 11.1 Å². The van der Waals surface area contributed by atoms with Crippen LogP contribution in [0.2, 0.25) is 0 Å². The molecular formula is C29H35N3O6S. The molecule has 0 fully saturated rings. The van der Waals surface area contributed by atoms with E-state index in [0.29, 0.717) is 40.4 Å². The molecule has 0 aliphatic rings. The molecule has 3 aromatic rings. The summed E-state index contributed by atoms with van der Waals surface area (Å²) >= 11 is 0. The highest BCUT2D eigenvalue weighted by molar-refractivity contribution is 7.89. The van der Waals surface area contributed by atoms with Crippen LogP contribution in [0.25, 0.3) is 0 Å². The normalized spacial score (nSPS) is 11.6. The molecule has 0 spiro atoms. The number of nitrogens with zero attached hydrogens (tertiary/aromatic N) is 2. The van der Waals surface area contributed by atoms with E-state index in [9.17, 15) is 13.2 Å². The van der Waals surface area contributed by atoms with E-state index in [1.807, 2.05) is 49.4 Å². The van der Waals surface area contributed by atoms with Gasteiger partial charge in [0.25, 0.3) is 5.91 Å². The number of hydrazone groups is 1. The molecule has 1 N–H and O–H groups in total. The number of nitrogens with one attached hydrogen (secondary N) is 1. The smallest absolute Gasteiger partial charge is 0.255 e. The molecule has 0 saturated heterocycles. The van der Waals surface area contributed by atoms with Crippen molar-refractivity contribution in [3.05, 3.63) is 82.4 Å². The van der Waals surface area contributed by atoms with Crippen molar-refractivity contribution in [1.29, 1.82) is 0 Å². The number of carbonyl (C=O) groups excluding carboxylic acids is 1. The van der Waals surface area contributed by atoms with Gasteiger partial charge in [0.15, 0.2) is 11.5 Å². The Kier molecular flexibility index (Phi) is 10.1. The Bertz CT molecular complexity index is 1390. The second kappa shape index (κ2) is 13.3. The van der Waals surface area contributed by atoms with Crippen LogP contribution in [0.3, 0.4) is 0 Å². The number of aryl methyl sites for hydroxylation is 3. The van der Waals surface area contributed by atoms with Gasteiger partial charge >= 0.3 is 0 Å². The molecule has 0 unspecified atom stereocenters. The van der Waals surface area contributed by atoms with E-state index in [-0.39, 0.29) is 11.4 Å². The Hall–Kier alpha value is -3.89. The molecule has 1 amide bonds. The molecule has 208 valence electrons. The van der Waals surface area contributed by atoms with E-state index in [1.54, 1.807) is 26.0 Å². The average molecular weight is 554 g/mol. The number of amides is 1. The van der Waals surface area contributed by atoms with Gasteiger partial charge in [-0.25, -0.2) is 13.8 Å². The van der Waals surface area contributed by atoms with Crippen LogP contribution in [0, 0.1) is 20.8 Å². The molecule has 9 nitrogen and oxygen atoms in total. The summed E-state index contributed by atoms with van der Waals surface area (Å²) in [6, 6.07) is 16.6. The number of ether oxygens (including phenoxy) is 3. The standard InChI is InChI=1S/C29H35N3O6S/c1-20-14-21(2)29(22(3)15-20)39(34,35)32(13-12-23-10-8-7-9-11-23)19-27(33)31-30-18-24-16-25(36-4)28(38-6)26(17-24)37-5/h7-11,14-18H,12-13,19H2,1-6H3,(H,31,33)/b30-18+. The fourth-order valence-corrected chi connectivity index (χ4v) is 6.24. The van der Waals surface area contributed by atoms with Crippen LogP contribution in [-0.2, 0) is 21.2 Å². The van der Waals surface area contributed by atoms with Crippen molar-refractivity contribution < 1.29 is 27.4 Å². The van der Waals surface area contributed by atoms with Crippen LogP contribution in [0.5, 0.6) is 17.2 Å². The van der Waals surface area contributed by atoms with Gasteiger partial charge in [-0.05, 0) is 56.0 Å². The third-order valence-electron chi connectivity index (χ3n) is 6.11. The van der Waals surface area contributed by atoms with Gasteiger partial charge in [0, 0.05) is 12.1 Å². The Balaban J connectivity index is 1.83. The van der Waals surface area contributed by atoms with Crippen LogP contribution >= 0.6 is 0 Å². The minimum atomic E-state index is -3.97. The van der Waals surface area contributed by atoms with Crippen LogP contribution < -0.4 is 19.6 Å². The fraction of sp³-hybridized carbons (Fsp3) is 0.310. The van der Waals surface area contributed by atoms with Gasteiger partial charge in [0.1, 0.15) is 0 Å². The topological polar surface area (TPSA) is 107 Å². The van der Waals surface area contributed by atoms with E-state index < -0.39 is 22.5 Å². The third-order valence-corrected chi connectivity index (χ3v) is 8.26. The molecule has 0 radical (unpaired) electrons. The summed E-state index contributed by atoms with van der Waals surface area (Å²) in [7, 11) is 0.536. The highest BCUT2D eigenvalue weighted by Gasteiger charge is 2.29. The summed E-state index contributed by atoms with van der Waals surface area (Å²) in [5, 5.41) is 4.02. The maximum absolute atomic E-state index is 13.8. The molecule has 0 atom stereocenters. The zero-order valence-corrected chi connectivity index (χ0v) is 24.0. The van der Waals surface area contributed by atoms with Gasteiger partial charge < -0.3 is 14.2 Å². The Labute approximate surface area is 230 Å². The van der Waals surface area contributed by atoms with E-state index in [4.69, 9.17) is 14.2 Å². The maximum Gasteiger partial charge on any atom is 0.255 e. The molecule has 0 saturated carbocycles. The first-order valence-electron chi connectivity index (χ1n) is 12.3. The molecular weight excluding hydrogens is 518 g/mol. The number of rotatable bonds is 12. The third kappa shape index (κ3) is 7.36. The van der Waals surface area contributed by atoms with Crippen molar-refractivity contribution in [3.63, 3.8) is 0 Å². The number of carbonyl (C=O) groups is 1. The molecule has 0 aliphatic carbocycles. The van der Waals surface area contributed by atoms with Crippen molar-refractivity contribution in [3.8, 4) is 17.2 Å². The van der Waals surface area contributed by atoms with Crippen LogP contribution in [0.4, 0.5) is 0 Å². The lowest BCUT2D eigenvalue weighted by atomic mass is 10.1. The number of methoxy groups -OCH3 is 3. The Morgan fingerprint density at radius 1 is 0.923 bits per heavy atom. The SMILES string of the molecule is COc1cc(/C=N/NC(=O)CN(CCc2ccccc2)S(=O)(=O)c2c(C)cc(C)cc2C)cc(OC)c1OC. The number of benzene rings is 3. The summed E-state index contributed by atoms with van der Waals surface area (Å²) in [5.41, 5.74) is 6.24. The van der Waals surface area contributed by atoms with Crippen LogP contribution in [0.1, 0.15) is 27.8 Å². The fourth-order valence-electron chi connectivity index (χ4n) is 4.44. The van der Waals surface area contributed by atoms with Crippen molar-refractivity contribution in [2.75, 3.05) is 34.4 Å². The number of hydrogen-bond acceptors (Lipinski definition) is 7. The van der Waals surface area contributed by atoms with Crippen molar-refractivity contribution in [2.45, 2.75) is 32.1 Å². The predicted octanol–water partition coefficient (Wildman–Crippen LogP) is 4.02. The molecule has 39 heavy (non-hydrogen) atoms. The molecule has 0 heterocycles. The van der Waals surface area contributed by atoms with Gasteiger partial charge in [-0.1, -0.05) is 48.0 Å². The lowest BCUT2D eigenvalue weighted by Gasteiger charge is -2.24. The van der Waals surface area contributed by atoms with E-state index in [2.05, 4.69) is 10.5 Å². The van der Waals surface area contributed by atoms with Crippen LogP contribution in [0.15, 0.2) is 64.6 Å². The second-order valence-corrected chi connectivity index (χ2v) is 10.9. The second-order valence-electron chi connectivity index (χ2n) is 9.05. The molecule has 3 aromatic carbocycles. The van der Waals surface area contributed by atoms with Gasteiger partial charge in [-0.15, -0.1) is 0 Å². The zero-order chi connectivity index (χ0) is 28.6. The minimum absolute atomic E-state index is 0.128. The van der Waals surface area contributed by atoms with Gasteiger partial charge in [-0.2, -0.15) is 9.41 Å². The van der Waals surface area contributed by atoms with Crippen molar-refractivity contribution in [2.24, 2.45) is 5.10 Å². The lowest BCUT2D eigenvalue weighted by molar-refractivity contribution is -0.121. The molecule has 10 heteroatoms. The van der Waals surface area contributed by atoms with Gasteiger partial charge in [-0.3, -0.25) is 4.79 Å². The quantitative estimate of drug-likeness (QED) is 0.268. The average Bonchev–Trinajstić information content (AvgIpc) is 2.90. The van der Waals surface area contributed by atoms with E-state index >= 15 is 0 Å².